The van der Waals surface area contributed by atoms with Gasteiger partial charge in [0.05, 0.1) is 23.9 Å². The van der Waals surface area contributed by atoms with Crippen molar-refractivity contribution in [1.82, 2.24) is 4.98 Å². The van der Waals surface area contributed by atoms with Gasteiger partial charge in [-0.05, 0) is 71.2 Å². The Bertz CT molecular complexity index is 852. The first-order valence-corrected chi connectivity index (χ1v) is 8.66. The molecule has 1 heterocycles. The molecular weight excluding hydrogens is 401 g/mol. The maximum Gasteiger partial charge on any atom is 0.338 e. The van der Waals surface area contributed by atoms with E-state index in [2.05, 4.69) is 47.7 Å². The standard InChI is InChI=1S/C19H18INO2/c1-11-4-6-13(7-5-11)18-12(2)17(19(22)23-3)15-10-14(20)8-9-16(15)21-18/h4,6-11H,5H2,1-3H3. The zero-order chi connectivity index (χ0) is 16.6. The molecule has 2 aromatic rings. The van der Waals surface area contributed by atoms with Crippen LogP contribution in [0.4, 0.5) is 0 Å². The lowest BCUT2D eigenvalue weighted by Gasteiger charge is -2.17. The fourth-order valence-corrected chi connectivity index (χ4v) is 3.37. The van der Waals surface area contributed by atoms with E-state index in [0.29, 0.717) is 11.5 Å². The number of hydrogen-bond acceptors (Lipinski definition) is 3. The van der Waals surface area contributed by atoms with Gasteiger partial charge in [0.2, 0.25) is 0 Å². The summed E-state index contributed by atoms with van der Waals surface area (Å²) in [4.78, 5) is 17.2. The van der Waals surface area contributed by atoms with Gasteiger partial charge in [0.25, 0.3) is 0 Å². The normalized spacial score (nSPS) is 17.2. The van der Waals surface area contributed by atoms with E-state index in [1.165, 1.54) is 7.11 Å². The third kappa shape index (κ3) is 3.04. The van der Waals surface area contributed by atoms with Crippen molar-refractivity contribution in [3.8, 4) is 0 Å². The van der Waals surface area contributed by atoms with E-state index in [9.17, 15) is 4.79 Å². The molecule has 0 amide bonds. The van der Waals surface area contributed by atoms with Gasteiger partial charge in [-0.2, -0.15) is 0 Å². The summed E-state index contributed by atoms with van der Waals surface area (Å²) in [6, 6.07) is 5.95. The summed E-state index contributed by atoms with van der Waals surface area (Å²) < 4.78 is 6.09. The number of nitrogens with zero attached hydrogens (tertiary/aromatic N) is 1. The molecule has 0 saturated heterocycles. The Kier molecular flexibility index (Phi) is 4.53. The van der Waals surface area contributed by atoms with Gasteiger partial charge in [0, 0.05) is 8.96 Å². The van der Waals surface area contributed by atoms with Gasteiger partial charge in [0.1, 0.15) is 0 Å². The van der Waals surface area contributed by atoms with Crippen LogP contribution >= 0.6 is 22.6 Å². The van der Waals surface area contributed by atoms with Gasteiger partial charge in [0.15, 0.2) is 0 Å². The van der Waals surface area contributed by atoms with Crippen molar-refractivity contribution in [3.05, 3.63) is 56.8 Å². The topological polar surface area (TPSA) is 39.2 Å². The molecule has 0 saturated carbocycles. The highest BCUT2D eigenvalue weighted by atomic mass is 127. The van der Waals surface area contributed by atoms with Gasteiger partial charge in [-0.15, -0.1) is 0 Å². The zero-order valence-corrected chi connectivity index (χ0v) is 15.5. The largest absolute Gasteiger partial charge is 0.465 e. The number of carbonyl (C=O) groups excluding carboxylic acids is 1. The number of pyridine rings is 1. The van der Waals surface area contributed by atoms with Crippen molar-refractivity contribution < 1.29 is 9.53 Å². The second-order valence-electron chi connectivity index (χ2n) is 5.85. The number of rotatable bonds is 2. The predicted molar refractivity (Wildman–Crippen MR) is 101 cm³/mol. The van der Waals surface area contributed by atoms with Crippen molar-refractivity contribution in [2.24, 2.45) is 5.92 Å². The number of benzene rings is 1. The van der Waals surface area contributed by atoms with Crippen LogP contribution in [0.25, 0.3) is 16.5 Å². The minimum absolute atomic E-state index is 0.313. The van der Waals surface area contributed by atoms with E-state index in [1.807, 2.05) is 25.1 Å². The minimum Gasteiger partial charge on any atom is -0.465 e. The summed E-state index contributed by atoms with van der Waals surface area (Å²) in [5.41, 5.74) is 4.24. The average molecular weight is 419 g/mol. The van der Waals surface area contributed by atoms with E-state index >= 15 is 0 Å². The van der Waals surface area contributed by atoms with Crippen molar-refractivity contribution in [2.45, 2.75) is 20.3 Å². The van der Waals surface area contributed by atoms with Gasteiger partial charge in [-0.25, -0.2) is 9.78 Å². The minimum atomic E-state index is -0.313. The fraction of sp³-hybridized carbons (Fsp3) is 0.263. The highest BCUT2D eigenvalue weighted by molar-refractivity contribution is 14.1. The molecule has 1 aromatic heterocycles. The Labute approximate surface area is 149 Å². The van der Waals surface area contributed by atoms with E-state index in [0.717, 1.165) is 37.7 Å². The number of allylic oxidation sites excluding steroid dienone is 4. The Morgan fingerprint density at radius 2 is 2.17 bits per heavy atom. The van der Waals surface area contributed by atoms with Crippen molar-refractivity contribution in [3.63, 3.8) is 0 Å². The smallest absolute Gasteiger partial charge is 0.338 e. The van der Waals surface area contributed by atoms with Crippen molar-refractivity contribution >= 4 is 45.0 Å². The van der Waals surface area contributed by atoms with Crippen LogP contribution in [0.3, 0.4) is 0 Å². The quantitative estimate of drug-likeness (QED) is 0.513. The molecule has 4 heteroatoms. The molecule has 118 valence electrons. The Balaban J connectivity index is 2.28. The number of esters is 1. The van der Waals surface area contributed by atoms with Gasteiger partial charge < -0.3 is 4.74 Å². The first-order valence-electron chi connectivity index (χ1n) is 7.58. The van der Waals surface area contributed by atoms with Crippen molar-refractivity contribution in [2.75, 3.05) is 7.11 Å². The van der Waals surface area contributed by atoms with Crippen LogP contribution in [0.2, 0.25) is 0 Å². The van der Waals surface area contributed by atoms with Crippen molar-refractivity contribution in [1.29, 1.82) is 0 Å². The first kappa shape index (κ1) is 16.2. The zero-order valence-electron chi connectivity index (χ0n) is 13.4. The lowest BCUT2D eigenvalue weighted by atomic mass is 9.92. The van der Waals surface area contributed by atoms with Crippen LogP contribution in [0, 0.1) is 16.4 Å². The summed E-state index contributed by atoms with van der Waals surface area (Å²) >= 11 is 2.24. The molecule has 0 aliphatic heterocycles. The van der Waals surface area contributed by atoms with Gasteiger partial charge >= 0.3 is 5.97 Å². The Morgan fingerprint density at radius 3 is 2.83 bits per heavy atom. The van der Waals surface area contributed by atoms with Gasteiger partial charge in [-0.3, -0.25) is 0 Å². The van der Waals surface area contributed by atoms with Crippen LogP contribution in [0.5, 0.6) is 0 Å². The number of halogens is 1. The third-order valence-corrected chi connectivity index (χ3v) is 4.84. The van der Waals surface area contributed by atoms with Crippen LogP contribution in [0.15, 0.2) is 36.4 Å². The molecule has 1 aliphatic rings. The summed E-state index contributed by atoms with van der Waals surface area (Å²) in [5, 5.41) is 0.846. The maximum absolute atomic E-state index is 12.4. The lowest BCUT2D eigenvalue weighted by molar-refractivity contribution is 0.0602. The number of aromatic nitrogens is 1. The molecule has 0 N–H and O–H groups in total. The SMILES string of the molecule is COC(=O)c1c(C)c(C2=CCC(C)C=C2)nc2ccc(I)cc12. The summed E-state index contributed by atoms with van der Waals surface area (Å²) in [5.74, 6) is 0.230. The fourth-order valence-electron chi connectivity index (χ4n) is 2.88. The molecule has 1 atom stereocenters. The van der Waals surface area contributed by atoms with Crippen LogP contribution in [-0.4, -0.2) is 18.1 Å². The number of carbonyl (C=O) groups is 1. The van der Waals surface area contributed by atoms with Crippen LogP contribution in [-0.2, 0) is 4.74 Å². The molecular formula is C19H18INO2. The van der Waals surface area contributed by atoms with Crippen LogP contribution < -0.4 is 0 Å². The first-order chi connectivity index (χ1) is 11.0. The molecule has 0 spiro atoms. The number of hydrogen-bond donors (Lipinski definition) is 0. The molecule has 0 radical (unpaired) electrons. The second-order valence-corrected chi connectivity index (χ2v) is 7.09. The van der Waals surface area contributed by atoms with E-state index in [-0.39, 0.29) is 5.97 Å². The Morgan fingerprint density at radius 1 is 1.39 bits per heavy atom. The summed E-state index contributed by atoms with van der Waals surface area (Å²) in [7, 11) is 1.42. The highest BCUT2D eigenvalue weighted by Crippen LogP contribution is 2.31. The second kappa shape index (κ2) is 6.43. The number of methoxy groups -OCH3 is 1. The molecule has 0 fully saturated rings. The molecule has 1 unspecified atom stereocenters. The molecule has 1 aromatic carbocycles. The lowest BCUT2D eigenvalue weighted by Crippen LogP contribution is -2.09. The Hall–Kier alpha value is -1.69. The molecule has 23 heavy (non-hydrogen) atoms. The molecule has 0 bridgehead atoms. The predicted octanol–water partition coefficient (Wildman–Crippen LogP) is 4.91. The van der Waals surface area contributed by atoms with E-state index in [4.69, 9.17) is 9.72 Å². The highest BCUT2D eigenvalue weighted by Gasteiger charge is 2.20. The third-order valence-electron chi connectivity index (χ3n) is 4.17. The van der Waals surface area contributed by atoms with Crippen LogP contribution in [0.1, 0.15) is 35.0 Å². The summed E-state index contributed by atoms with van der Waals surface area (Å²) in [6.07, 6.45) is 7.47. The maximum atomic E-state index is 12.4. The molecule has 1 aliphatic carbocycles. The average Bonchev–Trinajstić information content (AvgIpc) is 2.55. The van der Waals surface area contributed by atoms with E-state index < -0.39 is 0 Å². The molecule has 3 rings (SSSR count). The summed E-state index contributed by atoms with van der Waals surface area (Å²) in [6.45, 7) is 4.13. The monoisotopic (exact) mass is 419 g/mol. The van der Waals surface area contributed by atoms with Gasteiger partial charge in [-0.1, -0.05) is 25.2 Å². The number of fused-ring (bicyclic) bond motifs is 1. The number of ether oxygens (including phenoxy) is 1. The van der Waals surface area contributed by atoms with E-state index in [1.54, 1.807) is 0 Å². The molecule has 3 nitrogen and oxygen atoms in total.